The SMILES string of the molecule is C=CCn1c(C(=O)NCC(=O)NCC(=O)O)c(C)c2cc(C(C)C)ccc21. The van der Waals surface area contributed by atoms with Crippen molar-refractivity contribution in [1.29, 1.82) is 0 Å². The van der Waals surface area contributed by atoms with E-state index < -0.39 is 18.4 Å². The second-order valence-electron chi connectivity index (χ2n) is 6.66. The summed E-state index contributed by atoms with van der Waals surface area (Å²) in [6, 6.07) is 6.13. The lowest BCUT2D eigenvalue weighted by molar-refractivity contribution is -0.137. The molecule has 2 amide bonds. The van der Waals surface area contributed by atoms with E-state index in [1.54, 1.807) is 6.08 Å². The van der Waals surface area contributed by atoms with Crippen LogP contribution in [0.3, 0.4) is 0 Å². The maximum atomic E-state index is 12.7. The second kappa shape index (κ2) is 8.53. The van der Waals surface area contributed by atoms with Crippen molar-refractivity contribution < 1.29 is 19.5 Å². The molecule has 0 aliphatic heterocycles. The number of rotatable bonds is 8. The third kappa shape index (κ3) is 4.55. The van der Waals surface area contributed by atoms with Gasteiger partial charge in [0.05, 0.1) is 6.54 Å². The summed E-state index contributed by atoms with van der Waals surface area (Å²) in [4.78, 5) is 34.9. The Morgan fingerprint density at radius 3 is 2.52 bits per heavy atom. The van der Waals surface area contributed by atoms with Crippen LogP contribution in [0.25, 0.3) is 10.9 Å². The van der Waals surface area contributed by atoms with Crippen LogP contribution in [-0.2, 0) is 16.1 Å². The molecule has 1 heterocycles. The zero-order chi connectivity index (χ0) is 20.1. The topological polar surface area (TPSA) is 100 Å². The van der Waals surface area contributed by atoms with E-state index in [0.29, 0.717) is 18.2 Å². The standard InChI is InChI=1S/C20H25N3O4/c1-5-8-23-16-7-6-14(12(2)3)9-15(16)13(4)19(23)20(27)22-10-17(24)21-11-18(25)26/h5-7,9,12H,1,8,10-11H2,2-4H3,(H,21,24)(H,22,27)(H,25,26). The number of benzene rings is 1. The highest BCUT2D eigenvalue weighted by atomic mass is 16.4. The van der Waals surface area contributed by atoms with Crippen LogP contribution in [0.15, 0.2) is 30.9 Å². The molecule has 0 atom stereocenters. The largest absolute Gasteiger partial charge is 0.480 e. The van der Waals surface area contributed by atoms with Crippen LogP contribution in [0.5, 0.6) is 0 Å². The van der Waals surface area contributed by atoms with E-state index in [0.717, 1.165) is 16.5 Å². The van der Waals surface area contributed by atoms with Crippen LogP contribution < -0.4 is 10.6 Å². The molecule has 0 fully saturated rings. The summed E-state index contributed by atoms with van der Waals surface area (Å²) in [5.41, 5.74) is 3.41. The highest BCUT2D eigenvalue weighted by Crippen LogP contribution is 2.29. The molecule has 0 bridgehead atoms. The third-order valence-electron chi connectivity index (χ3n) is 4.38. The molecule has 0 unspecified atom stereocenters. The van der Waals surface area contributed by atoms with Crippen molar-refractivity contribution >= 4 is 28.7 Å². The minimum absolute atomic E-state index is 0.293. The summed E-state index contributed by atoms with van der Waals surface area (Å²) >= 11 is 0. The lowest BCUT2D eigenvalue weighted by Crippen LogP contribution is -2.39. The number of nitrogens with one attached hydrogen (secondary N) is 2. The zero-order valence-electron chi connectivity index (χ0n) is 15.8. The number of carbonyl (C=O) groups is 3. The van der Waals surface area contributed by atoms with Gasteiger partial charge in [0.1, 0.15) is 12.2 Å². The molecule has 0 saturated heterocycles. The Morgan fingerprint density at radius 2 is 1.93 bits per heavy atom. The van der Waals surface area contributed by atoms with Gasteiger partial charge in [0.15, 0.2) is 0 Å². The number of nitrogens with zero attached hydrogens (tertiary/aromatic N) is 1. The molecule has 0 aliphatic rings. The first-order chi connectivity index (χ1) is 12.8. The molecule has 0 saturated carbocycles. The second-order valence-corrected chi connectivity index (χ2v) is 6.66. The number of aryl methyl sites for hydroxylation is 1. The van der Waals surface area contributed by atoms with E-state index in [9.17, 15) is 14.4 Å². The summed E-state index contributed by atoms with van der Waals surface area (Å²) in [6.07, 6.45) is 1.71. The first kappa shape index (κ1) is 20.2. The molecular formula is C20H25N3O4. The Hall–Kier alpha value is -3.09. The normalized spacial score (nSPS) is 10.8. The Balaban J connectivity index is 2.32. The van der Waals surface area contributed by atoms with Gasteiger partial charge in [-0.2, -0.15) is 0 Å². The van der Waals surface area contributed by atoms with Gasteiger partial charge >= 0.3 is 5.97 Å². The fourth-order valence-corrected chi connectivity index (χ4v) is 2.99. The van der Waals surface area contributed by atoms with Crippen molar-refractivity contribution in [3.63, 3.8) is 0 Å². The van der Waals surface area contributed by atoms with Crippen LogP contribution in [0.1, 0.15) is 41.4 Å². The van der Waals surface area contributed by atoms with Gasteiger partial charge in [0.25, 0.3) is 5.91 Å². The van der Waals surface area contributed by atoms with Crippen molar-refractivity contribution in [2.75, 3.05) is 13.1 Å². The number of carbonyl (C=O) groups excluding carboxylic acids is 2. The number of carboxylic acids is 1. The summed E-state index contributed by atoms with van der Waals surface area (Å²) in [7, 11) is 0. The molecule has 1 aromatic heterocycles. The van der Waals surface area contributed by atoms with E-state index in [1.807, 2.05) is 23.6 Å². The van der Waals surface area contributed by atoms with Crippen molar-refractivity contribution in [3.05, 3.63) is 47.7 Å². The maximum absolute atomic E-state index is 12.7. The van der Waals surface area contributed by atoms with E-state index >= 15 is 0 Å². The Morgan fingerprint density at radius 1 is 1.22 bits per heavy atom. The predicted octanol–water partition coefficient (Wildman–Crippen LogP) is 2.19. The first-order valence-electron chi connectivity index (χ1n) is 8.76. The molecule has 7 nitrogen and oxygen atoms in total. The predicted molar refractivity (Wildman–Crippen MR) is 104 cm³/mol. The van der Waals surface area contributed by atoms with Gasteiger partial charge in [0.2, 0.25) is 5.91 Å². The van der Waals surface area contributed by atoms with Crippen molar-refractivity contribution in [3.8, 4) is 0 Å². The molecule has 1 aromatic carbocycles. The van der Waals surface area contributed by atoms with Gasteiger partial charge < -0.3 is 20.3 Å². The average molecular weight is 371 g/mol. The minimum Gasteiger partial charge on any atom is -0.480 e. The summed E-state index contributed by atoms with van der Waals surface area (Å²) in [5.74, 6) is -1.72. The summed E-state index contributed by atoms with van der Waals surface area (Å²) < 4.78 is 1.87. The number of aromatic nitrogens is 1. The highest BCUT2D eigenvalue weighted by molar-refractivity contribution is 6.03. The number of aliphatic carboxylic acids is 1. The lowest BCUT2D eigenvalue weighted by atomic mass is 10.0. The quantitative estimate of drug-likeness (QED) is 0.619. The first-order valence-corrected chi connectivity index (χ1v) is 8.76. The monoisotopic (exact) mass is 371 g/mol. The van der Waals surface area contributed by atoms with Gasteiger partial charge in [-0.15, -0.1) is 6.58 Å². The number of hydrogen-bond donors (Lipinski definition) is 3. The van der Waals surface area contributed by atoms with Gasteiger partial charge in [-0.1, -0.05) is 26.0 Å². The Kier molecular flexibility index (Phi) is 6.39. The van der Waals surface area contributed by atoms with Crippen LogP contribution in [0, 0.1) is 6.92 Å². The van der Waals surface area contributed by atoms with E-state index in [2.05, 4.69) is 37.1 Å². The molecule has 2 rings (SSSR count). The molecule has 0 radical (unpaired) electrons. The number of carboxylic acid groups (broad SMARTS) is 1. The summed E-state index contributed by atoms with van der Waals surface area (Å²) in [6.45, 7) is 9.55. The summed E-state index contributed by atoms with van der Waals surface area (Å²) in [5, 5.41) is 14.3. The molecule has 2 aromatic rings. The van der Waals surface area contributed by atoms with Crippen molar-refractivity contribution in [2.45, 2.75) is 33.2 Å². The smallest absolute Gasteiger partial charge is 0.322 e. The number of hydrogen-bond acceptors (Lipinski definition) is 3. The van der Waals surface area contributed by atoms with E-state index in [4.69, 9.17) is 5.11 Å². The molecule has 0 spiro atoms. The molecule has 27 heavy (non-hydrogen) atoms. The van der Waals surface area contributed by atoms with Crippen LogP contribution in [0.4, 0.5) is 0 Å². The molecule has 144 valence electrons. The third-order valence-corrected chi connectivity index (χ3v) is 4.38. The van der Waals surface area contributed by atoms with Crippen LogP contribution >= 0.6 is 0 Å². The average Bonchev–Trinajstić information content (AvgIpc) is 2.90. The number of amides is 2. The number of allylic oxidation sites excluding steroid dienone is 1. The Bertz CT molecular complexity index is 896. The highest BCUT2D eigenvalue weighted by Gasteiger charge is 2.20. The van der Waals surface area contributed by atoms with Gasteiger partial charge in [-0.25, -0.2) is 0 Å². The minimum atomic E-state index is -1.14. The fourth-order valence-electron chi connectivity index (χ4n) is 2.99. The molecule has 7 heteroatoms. The maximum Gasteiger partial charge on any atom is 0.322 e. The fraction of sp³-hybridized carbons (Fsp3) is 0.350. The molecule has 0 aliphatic carbocycles. The van der Waals surface area contributed by atoms with Gasteiger partial charge in [-0.05, 0) is 36.1 Å². The Labute approximate surface area is 158 Å². The molecular weight excluding hydrogens is 346 g/mol. The van der Waals surface area contributed by atoms with Gasteiger partial charge in [0, 0.05) is 17.4 Å². The number of fused-ring (bicyclic) bond motifs is 1. The van der Waals surface area contributed by atoms with E-state index in [-0.39, 0.29) is 12.5 Å². The van der Waals surface area contributed by atoms with Crippen molar-refractivity contribution in [2.24, 2.45) is 0 Å². The molecule has 3 N–H and O–H groups in total. The zero-order valence-corrected chi connectivity index (χ0v) is 15.8. The van der Waals surface area contributed by atoms with Gasteiger partial charge in [-0.3, -0.25) is 14.4 Å². The van der Waals surface area contributed by atoms with Crippen LogP contribution in [-0.4, -0.2) is 40.5 Å². The van der Waals surface area contributed by atoms with E-state index in [1.165, 1.54) is 5.56 Å². The van der Waals surface area contributed by atoms with Crippen molar-refractivity contribution in [1.82, 2.24) is 15.2 Å². The van der Waals surface area contributed by atoms with Crippen LogP contribution in [0.2, 0.25) is 0 Å². The lowest BCUT2D eigenvalue weighted by Gasteiger charge is -2.10.